The van der Waals surface area contributed by atoms with Crippen LogP contribution in [0.5, 0.6) is 0 Å². The SMILES string of the molecule is Cc1cc(C)c(NS(=O)(=O)c2ccc(C(=O)Nc3cc(C)on3)cc2)c(C)c1. The van der Waals surface area contributed by atoms with Crippen LogP contribution in [0.4, 0.5) is 11.5 Å². The van der Waals surface area contributed by atoms with E-state index in [9.17, 15) is 13.2 Å². The number of aromatic nitrogens is 1. The van der Waals surface area contributed by atoms with Crippen LogP contribution in [-0.2, 0) is 10.0 Å². The highest BCUT2D eigenvalue weighted by Crippen LogP contribution is 2.25. The van der Waals surface area contributed by atoms with Crippen molar-refractivity contribution in [1.29, 1.82) is 0 Å². The van der Waals surface area contributed by atoms with Gasteiger partial charge in [-0.25, -0.2) is 8.42 Å². The van der Waals surface area contributed by atoms with Gasteiger partial charge in [-0.05, 0) is 63.1 Å². The van der Waals surface area contributed by atoms with Crippen LogP contribution < -0.4 is 10.0 Å². The van der Waals surface area contributed by atoms with Crippen LogP contribution in [0.1, 0.15) is 32.8 Å². The Hall–Kier alpha value is -3.13. The summed E-state index contributed by atoms with van der Waals surface area (Å²) >= 11 is 0. The molecule has 1 amide bonds. The van der Waals surface area contributed by atoms with Gasteiger partial charge in [0.2, 0.25) is 0 Å². The molecule has 146 valence electrons. The lowest BCUT2D eigenvalue weighted by Gasteiger charge is -2.14. The molecule has 28 heavy (non-hydrogen) atoms. The molecule has 0 unspecified atom stereocenters. The normalized spacial score (nSPS) is 11.3. The van der Waals surface area contributed by atoms with Gasteiger partial charge < -0.3 is 9.84 Å². The highest BCUT2D eigenvalue weighted by Gasteiger charge is 2.18. The molecule has 0 radical (unpaired) electrons. The molecule has 0 aliphatic carbocycles. The van der Waals surface area contributed by atoms with Crippen molar-refractivity contribution in [2.75, 3.05) is 10.0 Å². The molecular weight excluding hydrogens is 378 g/mol. The lowest BCUT2D eigenvalue weighted by molar-refractivity contribution is 0.102. The van der Waals surface area contributed by atoms with Crippen LogP contribution in [0, 0.1) is 27.7 Å². The Morgan fingerprint density at radius 3 is 2.11 bits per heavy atom. The van der Waals surface area contributed by atoms with E-state index in [2.05, 4.69) is 15.2 Å². The van der Waals surface area contributed by atoms with Crippen molar-refractivity contribution in [3.05, 3.63) is 70.5 Å². The van der Waals surface area contributed by atoms with E-state index < -0.39 is 15.9 Å². The Balaban J connectivity index is 1.79. The second-order valence-corrected chi connectivity index (χ2v) is 8.36. The molecular formula is C20H21N3O4S. The van der Waals surface area contributed by atoms with Crippen molar-refractivity contribution in [1.82, 2.24) is 5.16 Å². The Bertz CT molecular complexity index is 1110. The fraction of sp³-hybridized carbons (Fsp3) is 0.200. The van der Waals surface area contributed by atoms with Gasteiger partial charge in [0, 0.05) is 11.6 Å². The molecule has 3 rings (SSSR count). The van der Waals surface area contributed by atoms with Gasteiger partial charge in [-0.2, -0.15) is 0 Å². The fourth-order valence-corrected chi connectivity index (χ4v) is 4.14. The predicted molar refractivity (Wildman–Crippen MR) is 107 cm³/mol. The molecule has 8 heteroatoms. The first-order chi connectivity index (χ1) is 13.2. The molecule has 1 aromatic heterocycles. The lowest BCUT2D eigenvalue weighted by atomic mass is 10.1. The average Bonchev–Trinajstić information content (AvgIpc) is 3.03. The summed E-state index contributed by atoms with van der Waals surface area (Å²) < 4.78 is 33.0. The van der Waals surface area contributed by atoms with Gasteiger partial charge in [0.25, 0.3) is 15.9 Å². The van der Waals surface area contributed by atoms with Crippen LogP contribution in [0.25, 0.3) is 0 Å². The number of nitrogens with zero attached hydrogens (tertiary/aromatic N) is 1. The third-order valence-electron chi connectivity index (χ3n) is 4.21. The van der Waals surface area contributed by atoms with E-state index >= 15 is 0 Å². The number of carbonyl (C=O) groups is 1. The van der Waals surface area contributed by atoms with E-state index in [4.69, 9.17) is 4.52 Å². The van der Waals surface area contributed by atoms with Crippen molar-refractivity contribution in [2.24, 2.45) is 0 Å². The van der Waals surface area contributed by atoms with E-state index in [0.717, 1.165) is 16.7 Å². The second kappa shape index (κ2) is 7.47. The smallest absolute Gasteiger partial charge is 0.261 e. The zero-order valence-corrected chi connectivity index (χ0v) is 16.8. The quantitative estimate of drug-likeness (QED) is 0.676. The molecule has 0 saturated carbocycles. The number of amides is 1. The number of benzene rings is 2. The minimum absolute atomic E-state index is 0.0701. The monoisotopic (exact) mass is 399 g/mol. The zero-order chi connectivity index (χ0) is 20.5. The first-order valence-electron chi connectivity index (χ1n) is 8.61. The molecule has 1 heterocycles. The maximum Gasteiger partial charge on any atom is 0.261 e. The first kappa shape index (κ1) is 19.6. The summed E-state index contributed by atoms with van der Waals surface area (Å²) in [6.45, 7) is 7.39. The summed E-state index contributed by atoms with van der Waals surface area (Å²) in [5.74, 6) is 0.464. The molecule has 0 fully saturated rings. The molecule has 7 nitrogen and oxygen atoms in total. The number of carbonyl (C=O) groups excluding carboxylic acids is 1. The molecule has 0 spiro atoms. The molecule has 0 aliphatic rings. The number of anilines is 2. The topological polar surface area (TPSA) is 101 Å². The number of aryl methyl sites for hydroxylation is 4. The number of hydrogen-bond donors (Lipinski definition) is 2. The van der Waals surface area contributed by atoms with E-state index in [1.165, 1.54) is 24.3 Å². The van der Waals surface area contributed by atoms with Gasteiger partial charge in [-0.1, -0.05) is 22.9 Å². The van der Waals surface area contributed by atoms with Crippen LogP contribution >= 0.6 is 0 Å². The van der Waals surface area contributed by atoms with Gasteiger partial charge >= 0.3 is 0 Å². The summed E-state index contributed by atoms with van der Waals surface area (Å²) in [7, 11) is -3.78. The predicted octanol–water partition coefficient (Wildman–Crippen LogP) is 3.96. The van der Waals surface area contributed by atoms with E-state index in [0.29, 0.717) is 22.8 Å². The summed E-state index contributed by atoms with van der Waals surface area (Å²) in [5, 5.41) is 6.28. The van der Waals surface area contributed by atoms with Gasteiger partial charge in [0.05, 0.1) is 10.6 Å². The minimum atomic E-state index is -3.78. The summed E-state index contributed by atoms with van der Waals surface area (Å²) in [6.07, 6.45) is 0. The van der Waals surface area contributed by atoms with Crippen LogP contribution in [0.3, 0.4) is 0 Å². The van der Waals surface area contributed by atoms with Gasteiger partial charge in [-0.15, -0.1) is 0 Å². The van der Waals surface area contributed by atoms with Crippen molar-refractivity contribution in [3.8, 4) is 0 Å². The average molecular weight is 399 g/mol. The van der Waals surface area contributed by atoms with E-state index in [-0.39, 0.29) is 4.90 Å². The summed E-state index contributed by atoms with van der Waals surface area (Å²) in [6, 6.07) is 11.1. The largest absolute Gasteiger partial charge is 0.360 e. The molecule has 0 atom stereocenters. The lowest BCUT2D eigenvalue weighted by Crippen LogP contribution is -2.16. The van der Waals surface area contributed by atoms with Crippen molar-refractivity contribution < 1.29 is 17.7 Å². The maximum atomic E-state index is 12.7. The van der Waals surface area contributed by atoms with Crippen molar-refractivity contribution in [3.63, 3.8) is 0 Å². The van der Waals surface area contributed by atoms with Crippen molar-refractivity contribution >= 4 is 27.4 Å². The number of sulfonamides is 1. The maximum absolute atomic E-state index is 12.7. The molecule has 0 saturated heterocycles. The highest BCUT2D eigenvalue weighted by molar-refractivity contribution is 7.92. The summed E-state index contributed by atoms with van der Waals surface area (Å²) in [4.78, 5) is 12.3. The summed E-state index contributed by atoms with van der Waals surface area (Å²) in [5.41, 5.74) is 3.63. The van der Waals surface area contributed by atoms with E-state index in [1.54, 1.807) is 13.0 Å². The van der Waals surface area contributed by atoms with Gasteiger partial charge in [0.1, 0.15) is 5.76 Å². The first-order valence-corrected chi connectivity index (χ1v) is 10.1. The van der Waals surface area contributed by atoms with Crippen molar-refractivity contribution in [2.45, 2.75) is 32.6 Å². The Labute approximate surface area is 163 Å². The number of nitrogens with one attached hydrogen (secondary N) is 2. The molecule has 2 aromatic carbocycles. The molecule has 0 bridgehead atoms. The van der Waals surface area contributed by atoms with E-state index in [1.807, 2.05) is 32.9 Å². The van der Waals surface area contributed by atoms with Crippen LogP contribution in [-0.4, -0.2) is 19.5 Å². The molecule has 0 aliphatic heterocycles. The Morgan fingerprint density at radius 2 is 1.57 bits per heavy atom. The van der Waals surface area contributed by atoms with Crippen LogP contribution in [0.2, 0.25) is 0 Å². The van der Waals surface area contributed by atoms with Gasteiger partial charge in [0.15, 0.2) is 5.82 Å². The van der Waals surface area contributed by atoms with Crippen LogP contribution in [0.15, 0.2) is 51.9 Å². The third kappa shape index (κ3) is 4.23. The fourth-order valence-electron chi connectivity index (χ4n) is 2.93. The minimum Gasteiger partial charge on any atom is -0.360 e. The third-order valence-corrected chi connectivity index (χ3v) is 5.58. The number of rotatable bonds is 5. The molecule has 3 aromatic rings. The zero-order valence-electron chi connectivity index (χ0n) is 16.0. The Kier molecular flexibility index (Phi) is 5.24. The number of hydrogen-bond acceptors (Lipinski definition) is 5. The molecule has 2 N–H and O–H groups in total. The highest BCUT2D eigenvalue weighted by atomic mass is 32.2. The Morgan fingerprint density at radius 1 is 0.964 bits per heavy atom. The van der Waals surface area contributed by atoms with Gasteiger partial charge in [-0.3, -0.25) is 9.52 Å². The second-order valence-electron chi connectivity index (χ2n) is 6.68. The standard InChI is InChI=1S/C20H21N3O4S/c1-12-9-13(2)19(14(3)10-12)23-28(25,26)17-7-5-16(6-8-17)20(24)21-18-11-15(4)27-22-18/h5-11,23H,1-4H3,(H,21,22,24).